The molecule has 0 aliphatic heterocycles. The van der Waals surface area contributed by atoms with Gasteiger partial charge in [0.25, 0.3) is 0 Å². The van der Waals surface area contributed by atoms with Crippen LogP contribution in [0.2, 0.25) is 0 Å². The maximum atomic E-state index is 12.0. The molecule has 6 nitrogen and oxygen atoms in total. The molecule has 3 N–H and O–H groups in total. The second kappa shape index (κ2) is 6.62. The highest BCUT2D eigenvalue weighted by molar-refractivity contribution is 5.82. The van der Waals surface area contributed by atoms with Crippen molar-refractivity contribution in [3.05, 3.63) is 39.7 Å². The lowest BCUT2D eigenvalue weighted by atomic mass is 10.0. The highest BCUT2D eigenvalue weighted by Gasteiger charge is 2.13. The van der Waals surface area contributed by atoms with Crippen LogP contribution in [0.1, 0.15) is 24.5 Å². The summed E-state index contributed by atoms with van der Waals surface area (Å²) in [4.78, 5) is 23.7. The molecule has 1 atom stereocenters. The van der Waals surface area contributed by atoms with Crippen LogP contribution in [-0.4, -0.2) is 28.8 Å². The van der Waals surface area contributed by atoms with E-state index in [4.69, 9.17) is 9.52 Å². The van der Waals surface area contributed by atoms with Gasteiger partial charge in [0.15, 0.2) is 0 Å². The molecule has 0 bridgehead atoms. The van der Waals surface area contributed by atoms with Gasteiger partial charge in [0.1, 0.15) is 11.3 Å². The molecule has 6 heteroatoms. The van der Waals surface area contributed by atoms with Crippen molar-refractivity contribution in [1.29, 1.82) is 0 Å². The number of aliphatic hydroxyl groups is 1. The van der Waals surface area contributed by atoms with Gasteiger partial charge in [-0.25, -0.2) is 4.79 Å². The fourth-order valence-corrected chi connectivity index (χ4v) is 2.26. The van der Waals surface area contributed by atoms with Gasteiger partial charge in [0.2, 0.25) is 5.91 Å². The monoisotopic (exact) mass is 305 g/mol. The van der Waals surface area contributed by atoms with E-state index in [9.17, 15) is 14.7 Å². The first-order valence-electron chi connectivity index (χ1n) is 7.08. The molecule has 1 heterocycles. The molecule has 0 fully saturated rings. The molecular weight excluding hydrogens is 286 g/mol. The number of hydrogen-bond acceptors (Lipinski definition) is 5. The normalized spacial score (nSPS) is 12.3. The Balaban J connectivity index is 2.19. The largest absolute Gasteiger partial charge is 0.508 e. The van der Waals surface area contributed by atoms with E-state index in [-0.39, 0.29) is 31.0 Å². The van der Waals surface area contributed by atoms with Gasteiger partial charge in [0.05, 0.1) is 6.10 Å². The van der Waals surface area contributed by atoms with Crippen molar-refractivity contribution in [2.75, 3.05) is 6.54 Å². The molecule has 0 saturated heterocycles. The van der Waals surface area contributed by atoms with Gasteiger partial charge in [-0.05, 0) is 38.0 Å². The van der Waals surface area contributed by atoms with Gasteiger partial charge in [-0.2, -0.15) is 0 Å². The predicted octanol–water partition coefficient (Wildman–Crippen LogP) is 1.24. The third-order valence-corrected chi connectivity index (χ3v) is 3.47. The molecule has 22 heavy (non-hydrogen) atoms. The molecule has 118 valence electrons. The Labute approximate surface area is 127 Å². The van der Waals surface area contributed by atoms with E-state index in [1.165, 1.54) is 12.1 Å². The van der Waals surface area contributed by atoms with Gasteiger partial charge in [-0.3, -0.25) is 4.79 Å². The van der Waals surface area contributed by atoms with E-state index in [1.807, 2.05) is 0 Å². The lowest BCUT2D eigenvalue weighted by Gasteiger charge is -2.09. The number of carbonyl (C=O) groups excluding carboxylic acids is 1. The molecule has 2 rings (SSSR count). The predicted molar refractivity (Wildman–Crippen MR) is 81.9 cm³/mol. The minimum atomic E-state index is -0.607. The Kier molecular flexibility index (Phi) is 4.82. The lowest BCUT2D eigenvalue weighted by Crippen LogP contribution is -2.31. The molecule has 0 saturated carbocycles. The zero-order valence-corrected chi connectivity index (χ0v) is 12.5. The van der Waals surface area contributed by atoms with Crippen LogP contribution >= 0.6 is 0 Å². The second-order valence-electron chi connectivity index (χ2n) is 5.33. The quantitative estimate of drug-likeness (QED) is 0.722. The zero-order chi connectivity index (χ0) is 16.3. The van der Waals surface area contributed by atoms with Crippen LogP contribution in [0, 0.1) is 6.92 Å². The van der Waals surface area contributed by atoms with Crippen molar-refractivity contribution in [3.63, 3.8) is 0 Å². The average molecular weight is 305 g/mol. The van der Waals surface area contributed by atoms with Crippen molar-refractivity contribution in [1.82, 2.24) is 5.32 Å². The number of aliphatic hydroxyl groups excluding tert-OH is 1. The lowest BCUT2D eigenvalue weighted by molar-refractivity contribution is -0.121. The molecule has 1 amide bonds. The van der Waals surface area contributed by atoms with Crippen molar-refractivity contribution < 1.29 is 19.4 Å². The van der Waals surface area contributed by atoms with E-state index < -0.39 is 11.7 Å². The van der Waals surface area contributed by atoms with Crippen LogP contribution in [0.25, 0.3) is 11.0 Å². The number of aromatic hydroxyl groups is 1. The van der Waals surface area contributed by atoms with Crippen molar-refractivity contribution in [2.45, 2.75) is 32.8 Å². The molecule has 1 aromatic heterocycles. The number of rotatable bonds is 5. The number of amides is 1. The van der Waals surface area contributed by atoms with Crippen LogP contribution in [0.15, 0.2) is 27.4 Å². The van der Waals surface area contributed by atoms with Crippen molar-refractivity contribution in [2.24, 2.45) is 0 Å². The fourth-order valence-electron chi connectivity index (χ4n) is 2.26. The van der Waals surface area contributed by atoms with Crippen molar-refractivity contribution in [3.8, 4) is 5.75 Å². The molecule has 0 spiro atoms. The minimum absolute atomic E-state index is 0.0281. The van der Waals surface area contributed by atoms with Gasteiger partial charge in [-0.1, -0.05) is 0 Å². The molecule has 0 aliphatic rings. The van der Waals surface area contributed by atoms with Crippen molar-refractivity contribution >= 4 is 16.9 Å². The minimum Gasteiger partial charge on any atom is -0.508 e. The van der Waals surface area contributed by atoms with E-state index in [2.05, 4.69) is 5.32 Å². The Morgan fingerprint density at radius 2 is 2.14 bits per heavy atom. The van der Waals surface area contributed by atoms with Crippen LogP contribution in [0.5, 0.6) is 5.75 Å². The van der Waals surface area contributed by atoms with E-state index in [0.717, 1.165) is 10.9 Å². The smallest absolute Gasteiger partial charge is 0.339 e. The summed E-state index contributed by atoms with van der Waals surface area (Å²) < 4.78 is 5.20. The van der Waals surface area contributed by atoms with Crippen LogP contribution in [-0.2, 0) is 11.2 Å². The summed E-state index contributed by atoms with van der Waals surface area (Å²) in [5, 5.41) is 21.9. The van der Waals surface area contributed by atoms with Crippen LogP contribution in [0.4, 0.5) is 0 Å². The van der Waals surface area contributed by atoms with Gasteiger partial charge < -0.3 is 19.9 Å². The fraction of sp³-hybridized carbons (Fsp3) is 0.375. The Morgan fingerprint density at radius 3 is 2.82 bits per heavy atom. The molecular formula is C16H19NO5. The highest BCUT2D eigenvalue weighted by atomic mass is 16.4. The Hall–Kier alpha value is -2.34. The summed E-state index contributed by atoms with van der Waals surface area (Å²) in [6.45, 7) is 3.56. The summed E-state index contributed by atoms with van der Waals surface area (Å²) in [6, 6.07) is 4.59. The van der Waals surface area contributed by atoms with E-state index in [0.29, 0.717) is 11.1 Å². The molecule has 0 aliphatic carbocycles. The average Bonchev–Trinajstić information content (AvgIpc) is 2.44. The van der Waals surface area contributed by atoms with Crippen LogP contribution < -0.4 is 10.9 Å². The number of benzene rings is 1. The van der Waals surface area contributed by atoms with Gasteiger partial charge in [-0.15, -0.1) is 0 Å². The first kappa shape index (κ1) is 16.0. The Bertz CT molecular complexity index is 748. The number of aryl methyl sites for hydroxylation is 1. The highest BCUT2D eigenvalue weighted by Crippen LogP contribution is 2.23. The van der Waals surface area contributed by atoms with E-state index >= 15 is 0 Å². The molecule has 1 aromatic carbocycles. The number of nitrogens with one attached hydrogen (secondary N) is 1. The summed E-state index contributed by atoms with van der Waals surface area (Å²) in [6.07, 6.45) is -0.206. The first-order chi connectivity index (χ1) is 10.4. The number of carbonyl (C=O) groups is 1. The Morgan fingerprint density at radius 1 is 1.41 bits per heavy atom. The molecule has 0 radical (unpaired) electrons. The maximum Gasteiger partial charge on any atom is 0.339 e. The van der Waals surface area contributed by atoms with E-state index in [1.54, 1.807) is 19.9 Å². The second-order valence-corrected chi connectivity index (χ2v) is 5.33. The number of hydrogen-bond donors (Lipinski definition) is 3. The maximum absolute atomic E-state index is 12.0. The van der Waals surface area contributed by atoms with Gasteiger partial charge >= 0.3 is 5.63 Å². The number of phenols is 1. The third kappa shape index (κ3) is 3.65. The molecule has 2 aromatic rings. The summed E-state index contributed by atoms with van der Waals surface area (Å²) in [5.74, 6) is -0.203. The first-order valence-corrected chi connectivity index (χ1v) is 7.08. The summed E-state index contributed by atoms with van der Waals surface area (Å²) in [5.41, 5.74) is 1.02. The summed E-state index contributed by atoms with van der Waals surface area (Å²) in [7, 11) is 0. The zero-order valence-electron chi connectivity index (χ0n) is 12.5. The SMILES string of the molecule is Cc1c(CCC(=O)NCC(C)O)c(=O)oc2cc(O)ccc12. The topological polar surface area (TPSA) is 99.8 Å². The molecule has 1 unspecified atom stereocenters. The standard InChI is InChI=1S/C16H19NO5/c1-9(18)8-17-15(20)6-5-13-10(2)12-4-3-11(19)7-14(12)22-16(13)21/h3-4,7,9,18-19H,5-6,8H2,1-2H3,(H,17,20). The number of phenolic OH excluding ortho intramolecular Hbond substituents is 1. The number of fused-ring (bicyclic) bond motifs is 1. The van der Waals surface area contributed by atoms with Gasteiger partial charge in [0, 0.05) is 30.0 Å². The summed E-state index contributed by atoms with van der Waals surface area (Å²) >= 11 is 0. The van der Waals surface area contributed by atoms with Crippen LogP contribution in [0.3, 0.4) is 0 Å². The third-order valence-electron chi connectivity index (χ3n) is 3.47.